The zero-order chi connectivity index (χ0) is 14.0. The lowest BCUT2D eigenvalue weighted by molar-refractivity contribution is -0.128. The Morgan fingerprint density at radius 1 is 1.63 bits per heavy atom. The third-order valence-corrected chi connectivity index (χ3v) is 3.29. The van der Waals surface area contributed by atoms with E-state index >= 15 is 0 Å². The summed E-state index contributed by atoms with van der Waals surface area (Å²) in [6, 6.07) is -0.523. The zero-order valence-corrected chi connectivity index (χ0v) is 10.4. The van der Waals surface area contributed by atoms with Crippen molar-refractivity contribution in [2.75, 3.05) is 13.1 Å². The molecule has 0 radical (unpaired) electrons. The van der Waals surface area contributed by atoms with Gasteiger partial charge in [-0.05, 0) is 5.53 Å². The van der Waals surface area contributed by atoms with Crippen molar-refractivity contribution in [3.8, 4) is 0 Å². The molecule has 0 aromatic heterocycles. The summed E-state index contributed by atoms with van der Waals surface area (Å²) < 4.78 is 5.51. The quantitative estimate of drug-likeness (QED) is 0.423. The van der Waals surface area contributed by atoms with Crippen LogP contribution in [0.15, 0.2) is 5.11 Å². The number of hydrogen-bond acceptors (Lipinski definition) is 5. The second kappa shape index (κ2) is 5.43. The number of rotatable bonds is 3. The molecule has 3 amide bonds. The van der Waals surface area contributed by atoms with Crippen molar-refractivity contribution in [3.63, 3.8) is 0 Å². The van der Waals surface area contributed by atoms with Crippen LogP contribution in [-0.2, 0) is 9.53 Å². The van der Waals surface area contributed by atoms with Crippen LogP contribution in [-0.4, -0.2) is 53.5 Å². The molecule has 0 spiro atoms. The Morgan fingerprint density at radius 3 is 3.05 bits per heavy atom. The Morgan fingerprint density at radius 2 is 2.37 bits per heavy atom. The smallest absolute Gasteiger partial charge is 0.326 e. The van der Waals surface area contributed by atoms with Gasteiger partial charge in [0.2, 0.25) is 5.91 Å². The van der Waals surface area contributed by atoms with Crippen LogP contribution in [0.4, 0.5) is 4.79 Å². The van der Waals surface area contributed by atoms with E-state index in [9.17, 15) is 14.7 Å². The van der Waals surface area contributed by atoms with Crippen molar-refractivity contribution in [2.24, 2.45) is 11.0 Å². The second-order valence-electron chi connectivity index (χ2n) is 4.69. The number of ether oxygens (including phenoxy) is 1. The van der Waals surface area contributed by atoms with Crippen LogP contribution < -0.4 is 5.32 Å². The van der Waals surface area contributed by atoms with Crippen LogP contribution in [0.1, 0.15) is 13.3 Å². The predicted octanol–water partition coefficient (Wildman–Crippen LogP) is -0.0395. The molecule has 2 aliphatic rings. The van der Waals surface area contributed by atoms with Crippen LogP contribution in [0.25, 0.3) is 10.4 Å². The van der Waals surface area contributed by atoms with Crippen molar-refractivity contribution in [2.45, 2.75) is 31.8 Å². The van der Waals surface area contributed by atoms with Crippen molar-refractivity contribution in [1.29, 1.82) is 0 Å². The van der Waals surface area contributed by atoms with E-state index in [-0.39, 0.29) is 31.3 Å². The number of amides is 3. The Bertz CT molecular complexity index is 436. The van der Waals surface area contributed by atoms with Crippen LogP contribution >= 0.6 is 0 Å². The summed E-state index contributed by atoms with van der Waals surface area (Å²) in [4.78, 5) is 27.0. The molecule has 0 aromatic carbocycles. The monoisotopic (exact) mass is 269 g/mol. The molecular formula is C10H15N5O4. The number of hydrogen-bond donors (Lipinski definition) is 2. The van der Waals surface area contributed by atoms with Gasteiger partial charge < -0.3 is 9.84 Å². The van der Waals surface area contributed by atoms with Gasteiger partial charge >= 0.3 is 6.03 Å². The Balaban J connectivity index is 2.01. The van der Waals surface area contributed by atoms with Gasteiger partial charge in [-0.2, -0.15) is 0 Å². The number of imide groups is 1. The maximum atomic E-state index is 11.7. The van der Waals surface area contributed by atoms with Crippen molar-refractivity contribution >= 4 is 11.9 Å². The van der Waals surface area contributed by atoms with Crippen molar-refractivity contribution in [1.82, 2.24) is 10.2 Å². The fourth-order valence-electron chi connectivity index (χ4n) is 2.20. The molecule has 2 aliphatic heterocycles. The molecule has 4 atom stereocenters. The average molecular weight is 269 g/mol. The van der Waals surface area contributed by atoms with E-state index in [0.29, 0.717) is 0 Å². The van der Waals surface area contributed by atoms with Crippen molar-refractivity contribution in [3.05, 3.63) is 10.4 Å². The lowest BCUT2D eigenvalue weighted by Crippen LogP contribution is -2.57. The molecule has 104 valence electrons. The maximum Gasteiger partial charge on any atom is 0.326 e. The van der Waals surface area contributed by atoms with Gasteiger partial charge in [0.25, 0.3) is 0 Å². The van der Waals surface area contributed by atoms with Crippen LogP contribution in [0, 0.1) is 5.92 Å². The molecule has 0 saturated carbocycles. The Labute approximate surface area is 109 Å². The first-order valence-electron chi connectivity index (χ1n) is 5.98. The van der Waals surface area contributed by atoms with E-state index in [4.69, 9.17) is 10.3 Å². The Kier molecular flexibility index (Phi) is 3.89. The van der Waals surface area contributed by atoms with Crippen LogP contribution in [0.2, 0.25) is 0 Å². The molecular weight excluding hydrogens is 254 g/mol. The second-order valence-corrected chi connectivity index (χ2v) is 4.69. The standard InChI is InChI=1S/C10H15N5O4/c1-5-4-15(10(18)13-9(5)17)8-2-6(16)7(19-8)3-12-14-11/h5-8,16H,2-4H2,1H3,(H,13,17,18)/t5?,6-,7+,8+/m0/s1. The molecule has 0 aromatic rings. The highest BCUT2D eigenvalue weighted by Gasteiger charge is 2.41. The van der Waals surface area contributed by atoms with Crippen molar-refractivity contribution < 1.29 is 19.4 Å². The molecule has 19 heavy (non-hydrogen) atoms. The van der Waals surface area contributed by atoms with Gasteiger partial charge in [-0.3, -0.25) is 15.0 Å². The molecule has 0 aliphatic carbocycles. The minimum atomic E-state index is -0.795. The topological polar surface area (TPSA) is 128 Å². The number of carbonyl (C=O) groups excluding carboxylic acids is 2. The number of nitrogens with one attached hydrogen (secondary N) is 1. The molecule has 2 N–H and O–H groups in total. The highest BCUT2D eigenvalue weighted by Crippen LogP contribution is 2.25. The van der Waals surface area contributed by atoms with E-state index in [1.807, 2.05) is 0 Å². The maximum absolute atomic E-state index is 11.7. The number of aliphatic hydroxyl groups excluding tert-OH is 1. The summed E-state index contributed by atoms with van der Waals surface area (Å²) >= 11 is 0. The number of carbonyl (C=O) groups is 2. The summed E-state index contributed by atoms with van der Waals surface area (Å²) in [7, 11) is 0. The highest BCUT2D eigenvalue weighted by atomic mass is 16.5. The van der Waals surface area contributed by atoms with E-state index in [2.05, 4.69) is 15.3 Å². The average Bonchev–Trinajstić information content (AvgIpc) is 2.72. The SMILES string of the molecule is CC1CN([C@H]2C[C@H](O)[C@@H](CN=[N+]=[N-])O2)C(=O)NC1=O. The largest absolute Gasteiger partial charge is 0.390 e. The summed E-state index contributed by atoms with van der Waals surface area (Å²) in [5.74, 6) is -0.639. The normalized spacial score (nSPS) is 34.9. The van der Waals surface area contributed by atoms with Gasteiger partial charge in [0.1, 0.15) is 6.23 Å². The fourth-order valence-corrected chi connectivity index (χ4v) is 2.20. The predicted molar refractivity (Wildman–Crippen MR) is 62.7 cm³/mol. The molecule has 2 heterocycles. The molecule has 2 saturated heterocycles. The first-order chi connectivity index (χ1) is 9.02. The van der Waals surface area contributed by atoms with Gasteiger partial charge in [0.05, 0.1) is 24.7 Å². The number of urea groups is 1. The van der Waals surface area contributed by atoms with Gasteiger partial charge in [0, 0.05) is 17.9 Å². The third kappa shape index (κ3) is 2.78. The zero-order valence-electron chi connectivity index (χ0n) is 10.4. The number of azide groups is 1. The minimum Gasteiger partial charge on any atom is -0.390 e. The summed E-state index contributed by atoms with van der Waals surface area (Å²) in [5, 5.41) is 15.4. The third-order valence-electron chi connectivity index (χ3n) is 3.29. The summed E-state index contributed by atoms with van der Waals surface area (Å²) in [5.41, 5.74) is 8.24. The minimum absolute atomic E-state index is 0.0120. The van der Waals surface area contributed by atoms with Gasteiger partial charge in [-0.15, -0.1) is 0 Å². The number of nitrogens with zero attached hydrogens (tertiary/aromatic N) is 4. The van der Waals surface area contributed by atoms with Gasteiger partial charge in [-0.25, -0.2) is 4.79 Å². The van der Waals surface area contributed by atoms with Crippen LogP contribution in [0.3, 0.4) is 0 Å². The number of aliphatic hydroxyl groups is 1. The first-order valence-corrected chi connectivity index (χ1v) is 5.98. The molecule has 2 rings (SSSR count). The lowest BCUT2D eigenvalue weighted by atomic mass is 10.1. The molecule has 2 fully saturated rings. The molecule has 9 nitrogen and oxygen atoms in total. The summed E-state index contributed by atoms with van der Waals surface area (Å²) in [6.45, 7) is 1.96. The lowest BCUT2D eigenvalue weighted by Gasteiger charge is -2.34. The molecule has 1 unspecified atom stereocenters. The molecule has 0 bridgehead atoms. The van der Waals surface area contributed by atoms with E-state index < -0.39 is 24.5 Å². The van der Waals surface area contributed by atoms with Crippen LogP contribution in [0.5, 0.6) is 0 Å². The summed E-state index contributed by atoms with van der Waals surface area (Å²) in [6.07, 6.45) is -1.79. The van der Waals surface area contributed by atoms with Gasteiger partial charge in [0.15, 0.2) is 0 Å². The first kappa shape index (κ1) is 13.6. The van der Waals surface area contributed by atoms with E-state index in [1.165, 1.54) is 4.90 Å². The van der Waals surface area contributed by atoms with E-state index in [0.717, 1.165) is 0 Å². The van der Waals surface area contributed by atoms with E-state index in [1.54, 1.807) is 6.92 Å². The molecule has 9 heteroatoms. The Hall–Kier alpha value is -1.83. The van der Waals surface area contributed by atoms with Gasteiger partial charge in [-0.1, -0.05) is 12.0 Å². The highest BCUT2D eigenvalue weighted by molar-refractivity contribution is 5.97. The fraction of sp³-hybridized carbons (Fsp3) is 0.800.